The second kappa shape index (κ2) is 4.44. The number of anilines is 1. The third kappa shape index (κ3) is 1.96. The van der Waals surface area contributed by atoms with Crippen LogP contribution in [-0.2, 0) is 0 Å². The highest BCUT2D eigenvalue weighted by Crippen LogP contribution is 2.30. The van der Waals surface area contributed by atoms with Gasteiger partial charge in [-0.15, -0.1) is 0 Å². The SMILES string of the molecule is NCC1CCN(c2ccncc2[N+](=O)[O-])C1. The Morgan fingerprint density at radius 2 is 2.50 bits per heavy atom. The Morgan fingerprint density at radius 3 is 3.12 bits per heavy atom. The van der Waals surface area contributed by atoms with Crippen molar-refractivity contribution in [3.05, 3.63) is 28.6 Å². The fourth-order valence-electron chi connectivity index (χ4n) is 2.03. The summed E-state index contributed by atoms with van der Waals surface area (Å²) < 4.78 is 0. The molecule has 2 rings (SSSR count). The Balaban J connectivity index is 2.24. The molecule has 1 unspecified atom stereocenters. The van der Waals surface area contributed by atoms with Gasteiger partial charge in [0, 0.05) is 19.3 Å². The maximum atomic E-state index is 10.8. The van der Waals surface area contributed by atoms with E-state index in [9.17, 15) is 10.1 Å². The van der Waals surface area contributed by atoms with Crippen LogP contribution >= 0.6 is 0 Å². The van der Waals surface area contributed by atoms with Crippen molar-refractivity contribution in [2.75, 3.05) is 24.5 Å². The molecule has 0 saturated carbocycles. The zero-order valence-electron chi connectivity index (χ0n) is 8.87. The molecule has 0 bridgehead atoms. The van der Waals surface area contributed by atoms with Crippen LogP contribution in [0, 0.1) is 16.0 Å². The first-order valence-electron chi connectivity index (χ1n) is 5.25. The van der Waals surface area contributed by atoms with Crippen molar-refractivity contribution in [1.82, 2.24) is 4.98 Å². The molecule has 0 aromatic carbocycles. The molecular formula is C10H14N4O2. The Morgan fingerprint density at radius 1 is 1.69 bits per heavy atom. The number of nitrogens with zero attached hydrogens (tertiary/aromatic N) is 3. The standard InChI is InChI=1S/C10H14N4O2/c11-5-8-2-4-13(7-8)9-1-3-12-6-10(9)14(15)16/h1,3,6,8H,2,4-5,7,11H2. The second-order valence-electron chi connectivity index (χ2n) is 3.96. The van der Waals surface area contributed by atoms with Gasteiger partial charge >= 0.3 is 5.69 Å². The van der Waals surface area contributed by atoms with E-state index in [1.54, 1.807) is 12.3 Å². The predicted octanol–water partition coefficient (Wildman–Crippen LogP) is 0.775. The molecule has 1 aromatic heterocycles. The molecule has 1 aliphatic heterocycles. The van der Waals surface area contributed by atoms with Gasteiger partial charge in [0.1, 0.15) is 11.9 Å². The summed E-state index contributed by atoms with van der Waals surface area (Å²) in [4.78, 5) is 16.2. The Hall–Kier alpha value is -1.69. The summed E-state index contributed by atoms with van der Waals surface area (Å²) in [5.41, 5.74) is 6.32. The summed E-state index contributed by atoms with van der Waals surface area (Å²) in [6.45, 7) is 2.25. The maximum absolute atomic E-state index is 10.8. The fraction of sp³-hybridized carbons (Fsp3) is 0.500. The van der Waals surface area contributed by atoms with Gasteiger partial charge < -0.3 is 10.6 Å². The summed E-state index contributed by atoms with van der Waals surface area (Å²) in [5, 5.41) is 10.8. The van der Waals surface area contributed by atoms with Gasteiger partial charge in [-0.3, -0.25) is 15.1 Å². The molecule has 0 amide bonds. The van der Waals surface area contributed by atoms with E-state index in [2.05, 4.69) is 4.98 Å². The van der Waals surface area contributed by atoms with Crippen molar-refractivity contribution in [2.24, 2.45) is 11.7 Å². The van der Waals surface area contributed by atoms with Gasteiger partial charge in [-0.2, -0.15) is 0 Å². The van der Waals surface area contributed by atoms with Crippen LogP contribution in [0.1, 0.15) is 6.42 Å². The fourth-order valence-corrected chi connectivity index (χ4v) is 2.03. The van der Waals surface area contributed by atoms with Gasteiger partial charge in [0.05, 0.1) is 4.92 Å². The predicted molar refractivity (Wildman–Crippen MR) is 60.3 cm³/mol. The maximum Gasteiger partial charge on any atom is 0.310 e. The van der Waals surface area contributed by atoms with Gasteiger partial charge in [0.2, 0.25) is 0 Å². The molecule has 1 saturated heterocycles. The monoisotopic (exact) mass is 222 g/mol. The van der Waals surface area contributed by atoms with Crippen LogP contribution in [0.2, 0.25) is 0 Å². The third-order valence-electron chi connectivity index (χ3n) is 2.93. The Bertz CT molecular complexity index is 396. The van der Waals surface area contributed by atoms with E-state index in [1.807, 2.05) is 4.90 Å². The number of aromatic nitrogens is 1. The lowest BCUT2D eigenvalue weighted by Crippen LogP contribution is -2.23. The minimum atomic E-state index is -0.391. The van der Waals surface area contributed by atoms with E-state index in [4.69, 9.17) is 5.73 Å². The minimum Gasteiger partial charge on any atom is -0.366 e. The van der Waals surface area contributed by atoms with Crippen LogP contribution in [0.4, 0.5) is 11.4 Å². The van der Waals surface area contributed by atoms with Crippen LogP contribution in [0.15, 0.2) is 18.5 Å². The zero-order valence-corrected chi connectivity index (χ0v) is 8.87. The highest BCUT2D eigenvalue weighted by Gasteiger charge is 2.26. The Kier molecular flexibility index (Phi) is 3.00. The van der Waals surface area contributed by atoms with Crippen molar-refractivity contribution in [2.45, 2.75) is 6.42 Å². The number of nitrogens with two attached hydrogens (primary N) is 1. The number of pyridine rings is 1. The summed E-state index contributed by atoms with van der Waals surface area (Å²) in [5.74, 6) is 0.438. The number of hydrogen-bond donors (Lipinski definition) is 1. The third-order valence-corrected chi connectivity index (χ3v) is 2.93. The van der Waals surface area contributed by atoms with Gasteiger partial charge in [-0.25, -0.2) is 0 Å². The van der Waals surface area contributed by atoms with Gasteiger partial charge in [0.25, 0.3) is 0 Å². The molecule has 1 aliphatic rings. The number of hydrogen-bond acceptors (Lipinski definition) is 5. The first-order chi connectivity index (χ1) is 7.72. The van der Waals surface area contributed by atoms with Gasteiger partial charge in [0.15, 0.2) is 0 Å². The van der Waals surface area contributed by atoms with Crippen molar-refractivity contribution < 1.29 is 4.92 Å². The van der Waals surface area contributed by atoms with Crippen LogP contribution in [0.25, 0.3) is 0 Å². The largest absolute Gasteiger partial charge is 0.366 e. The smallest absolute Gasteiger partial charge is 0.310 e. The van der Waals surface area contributed by atoms with Crippen molar-refractivity contribution in [3.8, 4) is 0 Å². The summed E-state index contributed by atoms with van der Waals surface area (Å²) in [6.07, 6.45) is 3.87. The molecule has 86 valence electrons. The minimum absolute atomic E-state index is 0.0696. The van der Waals surface area contributed by atoms with Crippen molar-refractivity contribution in [1.29, 1.82) is 0 Å². The second-order valence-corrected chi connectivity index (χ2v) is 3.96. The zero-order chi connectivity index (χ0) is 11.5. The highest BCUT2D eigenvalue weighted by molar-refractivity contribution is 5.62. The van der Waals surface area contributed by atoms with Crippen molar-refractivity contribution >= 4 is 11.4 Å². The normalized spacial score (nSPS) is 20.1. The van der Waals surface area contributed by atoms with Crippen molar-refractivity contribution in [3.63, 3.8) is 0 Å². The lowest BCUT2D eigenvalue weighted by molar-refractivity contribution is -0.384. The first-order valence-corrected chi connectivity index (χ1v) is 5.25. The molecule has 0 radical (unpaired) electrons. The first kappa shape index (κ1) is 10.8. The molecule has 1 aromatic rings. The molecule has 6 nitrogen and oxygen atoms in total. The average molecular weight is 222 g/mol. The summed E-state index contributed by atoms with van der Waals surface area (Å²) in [7, 11) is 0. The molecule has 16 heavy (non-hydrogen) atoms. The lowest BCUT2D eigenvalue weighted by Gasteiger charge is -2.17. The number of rotatable bonds is 3. The van der Waals surface area contributed by atoms with Gasteiger partial charge in [-0.05, 0) is 24.9 Å². The van der Waals surface area contributed by atoms with Gasteiger partial charge in [-0.1, -0.05) is 0 Å². The molecule has 2 heterocycles. The lowest BCUT2D eigenvalue weighted by atomic mass is 10.1. The molecule has 6 heteroatoms. The van der Waals surface area contributed by atoms with E-state index >= 15 is 0 Å². The molecule has 0 spiro atoms. The van der Waals surface area contributed by atoms with E-state index in [0.29, 0.717) is 18.2 Å². The average Bonchev–Trinajstić information content (AvgIpc) is 2.77. The van der Waals surface area contributed by atoms with E-state index in [0.717, 1.165) is 19.5 Å². The van der Waals surface area contributed by atoms with Crippen LogP contribution < -0.4 is 10.6 Å². The number of nitro groups is 1. The van der Waals surface area contributed by atoms with Crippen LogP contribution in [0.3, 0.4) is 0 Å². The summed E-state index contributed by atoms with van der Waals surface area (Å²) >= 11 is 0. The topological polar surface area (TPSA) is 85.3 Å². The van der Waals surface area contributed by atoms with E-state index in [1.165, 1.54) is 6.20 Å². The molecule has 0 aliphatic carbocycles. The Labute approximate surface area is 93.2 Å². The quantitative estimate of drug-likeness (QED) is 0.603. The molecular weight excluding hydrogens is 208 g/mol. The molecule has 1 atom stereocenters. The van der Waals surface area contributed by atoms with Crippen LogP contribution in [-0.4, -0.2) is 29.5 Å². The van der Waals surface area contributed by atoms with E-state index < -0.39 is 4.92 Å². The molecule has 1 fully saturated rings. The van der Waals surface area contributed by atoms with Crippen LogP contribution in [0.5, 0.6) is 0 Å². The molecule has 2 N–H and O–H groups in total. The van der Waals surface area contributed by atoms with E-state index in [-0.39, 0.29) is 5.69 Å². The highest BCUT2D eigenvalue weighted by atomic mass is 16.6. The summed E-state index contributed by atoms with van der Waals surface area (Å²) in [6, 6.07) is 1.69.